The van der Waals surface area contributed by atoms with E-state index in [4.69, 9.17) is 0 Å². The fourth-order valence-electron chi connectivity index (χ4n) is 3.02. The number of amides is 3. The van der Waals surface area contributed by atoms with Gasteiger partial charge in [-0.15, -0.1) is 0 Å². The van der Waals surface area contributed by atoms with Crippen LogP contribution in [0.15, 0.2) is 0 Å². The van der Waals surface area contributed by atoms with Gasteiger partial charge in [-0.05, 0) is 17.8 Å². The van der Waals surface area contributed by atoms with Gasteiger partial charge in [0.25, 0.3) is 5.91 Å². The molecule has 0 fully saturated rings. The third-order valence-corrected chi connectivity index (χ3v) is 5.05. The van der Waals surface area contributed by atoms with Crippen LogP contribution in [0.4, 0.5) is 0 Å². The molecule has 13 heteroatoms. The van der Waals surface area contributed by atoms with Gasteiger partial charge >= 0.3 is 17.9 Å². The van der Waals surface area contributed by atoms with Gasteiger partial charge in [0.05, 0.1) is 12.8 Å². The quantitative estimate of drug-likeness (QED) is 0.160. The highest BCUT2D eigenvalue weighted by Gasteiger charge is 2.43. The van der Waals surface area contributed by atoms with Crippen LogP contribution in [0, 0.1) is 17.8 Å². The number of carboxylic acid groups (broad SMARTS) is 3. The molecule has 0 aromatic rings. The van der Waals surface area contributed by atoms with Gasteiger partial charge < -0.3 is 36.4 Å². The summed E-state index contributed by atoms with van der Waals surface area (Å²) < 4.78 is 0. The Kier molecular flexibility index (Phi) is 11.7. The first-order valence-electron chi connectivity index (χ1n) is 10.7. The highest BCUT2D eigenvalue weighted by atomic mass is 16.4. The van der Waals surface area contributed by atoms with E-state index in [2.05, 4.69) is 16.0 Å². The van der Waals surface area contributed by atoms with Gasteiger partial charge in [-0.1, -0.05) is 41.5 Å². The van der Waals surface area contributed by atoms with Gasteiger partial charge in [0.2, 0.25) is 11.8 Å². The zero-order valence-electron chi connectivity index (χ0n) is 20.1. The van der Waals surface area contributed by atoms with Crippen molar-refractivity contribution in [2.45, 2.75) is 78.1 Å². The maximum absolute atomic E-state index is 12.8. The van der Waals surface area contributed by atoms with Crippen molar-refractivity contribution in [2.75, 3.05) is 0 Å². The second-order valence-corrected chi connectivity index (χ2v) is 9.17. The number of nitrogens with one attached hydrogen (secondary N) is 3. The summed E-state index contributed by atoms with van der Waals surface area (Å²) in [7, 11) is 0. The zero-order chi connectivity index (χ0) is 27.0. The Labute approximate surface area is 197 Å². The van der Waals surface area contributed by atoms with Crippen LogP contribution >= 0.6 is 0 Å². The molecule has 0 radical (unpaired) electrons. The number of aliphatic carboxylic acids is 3. The summed E-state index contributed by atoms with van der Waals surface area (Å²) >= 11 is 0. The van der Waals surface area contributed by atoms with Gasteiger partial charge in [0.15, 0.2) is 5.60 Å². The molecule has 0 saturated carbocycles. The molecule has 0 aromatic carbocycles. The van der Waals surface area contributed by atoms with Crippen molar-refractivity contribution in [3.8, 4) is 0 Å². The number of carboxylic acids is 3. The summed E-state index contributed by atoms with van der Waals surface area (Å²) in [5, 5.41) is 45.2. The highest BCUT2D eigenvalue weighted by molar-refractivity contribution is 5.98. The minimum absolute atomic E-state index is 0.550. The molecule has 34 heavy (non-hydrogen) atoms. The molecule has 0 rings (SSSR count). The van der Waals surface area contributed by atoms with Crippen LogP contribution in [0.2, 0.25) is 0 Å². The molecule has 0 aliphatic carbocycles. The standard InChI is InChI=1S/C21H35N3O10/c1-9(2)14(17(27)28)22-12(25)7-21(34,20(33)24-16(11(5)6)19(31)32)8-13(26)23-15(10(3)4)18(29)30/h9-11,14-16,34H,7-8H2,1-6H3,(H,22,25)(H,23,26)(H,24,33)(H,27,28)(H,29,30)(H,31,32). The molecule has 3 unspecified atom stereocenters. The molecular weight excluding hydrogens is 454 g/mol. The average molecular weight is 490 g/mol. The molecular formula is C21H35N3O10. The molecule has 0 aliphatic heterocycles. The lowest BCUT2D eigenvalue weighted by Crippen LogP contribution is -2.58. The minimum Gasteiger partial charge on any atom is -0.480 e. The molecule has 0 saturated heterocycles. The average Bonchev–Trinajstić information content (AvgIpc) is 2.66. The summed E-state index contributed by atoms with van der Waals surface area (Å²) in [5.74, 6) is -9.38. The molecule has 0 bridgehead atoms. The number of rotatable bonds is 14. The van der Waals surface area contributed by atoms with Crippen molar-refractivity contribution < 1.29 is 49.2 Å². The molecule has 194 valence electrons. The summed E-state index contributed by atoms with van der Waals surface area (Å²) in [4.78, 5) is 72.0. The van der Waals surface area contributed by atoms with E-state index < -0.39 is 90.0 Å². The lowest BCUT2D eigenvalue weighted by molar-refractivity contribution is -0.155. The van der Waals surface area contributed by atoms with Gasteiger partial charge in [-0.2, -0.15) is 0 Å². The van der Waals surface area contributed by atoms with Crippen molar-refractivity contribution in [1.29, 1.82) is 0 Å². The third-order valence-electron chi connectivity index (χ3n) is 5.05. The van der Waals surface area contributed by atoms with E-state index in [1.54, 1.807) is 0 Å². The topological polar surface area (TPSA) is 219 Å². The first-order valence-corrected chi connectivity index (χ1v) is 10.7. The van der Waals surface area contributed by atoms with E-state index in [-0.39, 0.29) is 0 Å². The smallest absolute Gasteiger partial charge is 0.326 e. The first kappa shape index (κ1) is 30.8. The van der Waals surface area contributed by atoms with E-state index in [0.29, 0.717) is 0 Å². The second kappa shape index (κ2) is 12.9. The van der Waals surface area contributed by atoms with E-state index in [9.17, 15) is 49.2 Å². The lowest BCUT2D eigenvalue weighted by Gasteiger charge is -2.30. The van der Waals surface area contributed by atoms with Crippen LogP contribution in [0.1, 0.15) is 54.4 Å². The number of carbonyl (C=O) groups excluding carboxylic acids is 3. The summed E-state index contributed by atoms with van der Waals surface area (Å²) in [6, 6.07) is -4.17. The van der Waals surface area contributed by atoms with Crippen molar-refractivity contribution in [3.05, 3.63) is 0 Å². The number of hydrogen-bond donors (Lipinski definition) is 7. The van der Waals surface area contributed by atoms with Crippen LogP contribution in [0.3, 0.4) is 0 Å². The normalized spacial score (nSPS) is 15.7. The maximum Gasteiger partial charge on any atom is 0.326 e. The fourth-order valence-corrected chi connectivity index (χ4v) is 3.02. The fraction of sp³-hybridized carbons (Fsp3) is 0.714. The van der Waals surface area contributed by atoms with Crippen LogP contribution in [-0.4, -0.2) is 79.8 Å². The molecule has 0 aliphatic rings. The minimum atomic E-state index is -2.79. The molecule has 0 spiro atoms. The summed E-state index contributed by atoms with van der Waals surface area (Å²) in [5.41, 5.74) is -2.79. The Balaban J connectivity index is 5.94. The molecule has 0 aromatic heterocycles. The Bertz CT molecular complexity index is 752. The first-order chi connectivity index (χ1) is 15.4. The van der Waals surface area contributed by atoms with Crippen LogP contribution in [0.5, 0.6) is 0 Å². The van der Waals surface area contributed by atoms with Crippen molar-refractivity contribution in [2.24, 2.45) is 17.8 Å². The van der Waals surface area contributed by atoms with E-state index in [1.807, 2.05) is 0 Å². The maximum atomic E-state index is 12.8. The van der Waals surface area contributed by atoms with E-state index in [0.717, 1.165) is 0 Å². The molecule has 3 amide bonds. The molecule has 7 N–H and O–H groups in total. The Morgan fingerprint density at radius 2 is 0.853 bits per heavy atom. The number of carbonyl (C=O) groups is 6. The van der Waals surface area contributed by atoms with Gasteiger partial charge in [-0.25, -0.2) is 14.4 Å². The molecule has 3 atom stereocenters. The van der Waals surface area contributed by atoms with Gasteiger partial charge in [0, 0.05) is 0 Å². The van der Waals surface area contributed by atoms with E-state index >= 15 is 0 Å². The number of aliphatic hydroxyl groups is 1. The monoisotopic (exact) mass is 489 g/mol. The molecule has 0 heterocycles. The Morgan fingerprint density at radius 3 is 1.09 bits per heavy atom. The second-order valence-electron chi connectivity index (χ2n) is 9.17. The SMILES string of the molecule is CC(C)C(NC(=O)CC(O)(CC(=O)NC(C(=O)O)C(C)C)C(=O)NC(C(=O)O)C(C)C)C(=O)O. The largest absolute Gasteiger partial charge is 0.480 e. The highest BCUT2D eigenvalue weighted by Crippen LogP contribution is 2.19. The van der Waals surface area contributed by atoms with Crippen molar-refractivity contribution in [1.82, 2.24) is 16.0 Å². The Hall–Kier alpha value is -3.22. The summed E-state index contributed by atoms with van der Waals surface area (Å²) in [6.07, 6.45) is -2.15. The van der Waals surface area contributed by atoms with E-state index in [1.165, 1.54) is 41.5 Å². The van der Waals surface area contributed by atoms with Gasteiger partial charge in [-0.3, -0.25) is 14.4 Å². The number of hydrogen-bond acceptors (Lipinski definition) is 7. The molecule has 13 nitrogen and oxygen atoms in total. The van der Waals surface area contributed by atoms with Gasteiger partial charge in [0.1, 0.15) is 18.1 Å². The predicted octanol–water partition coefficient (Wildman–Crippen LogP) is -0.826. The third kappa shape index (κ3) is 9.33. The van der Waals surface area contributed by atoms with Crippen LogP contribution in [0.25, 0.3) is 0 Å². The van der Waals surface area contributed by atoms with Crippen LogP contribution in [-0.2, 0) is 28.8 Å². The van der Waals surface area contributed by atoms with Crippen LogP contribution < -0.4 is 16.0 Å². The lowest BCUT2D eigenvalue weighted by atomic mass is 9.91. The zero-order valence-corrected chi connectivity index (χ0v) is 20.1. The van der Waals surface area contributed by atoms with Crippen molar-refractivity contribution in [3.63, 3.8) is 0 Å². The summed E-state index contributed by atoms with van der Waals surface area (Å²) in [6.45, 7) is 9.04. The Morgan fingerprint density at radius 1 is 0.588 bits per heavy atom. The predicted molar refractivity (Wildman–Crippen MR) is 117 cm³/mol. The van der Waals surface area contributed by atoms with Crippen molar-refractivity contribution >= 4 is 35.6 Å².